The number of hydrogen-bond acceptors (Lipinski definition) is 5. The summed E-state index contributed by atoms with van der Waals surface area (Å²) in [7, 11) is 1.57. The SMILES string of the molecule is COc1ccc2ncc(F)c(CCCC3CCN(CCSc4cc(F)cc(F)c4)CC3CC(=O)O)c2c1. The molecular weight excluding hydrogens is 501 g/mol. The highest BCUT2D eigenvalue weighted by atomic mass is 32.2. The third-order valence-electron chi connectivity index (χ3n) is 7.06. The number of aromatic nitrogens is 1. The molecule has 0 saturated carbocycles. The number of fused-ring (bicyclic) bond motifs is 1. The Labute approximate surface area is 219 Å². The molecular formula is C28H31F3N2O3S. The van der Waals surface area contributed by atoms with Gasteiger partial charge in [-0.2, -0.15) is 0 Å². The summed E-state index contributed by atoms with van der Waals surface area (Å²) in [5, 5.41) is 10.2. The summed E-state index contributed by atoms with van der Waals surface area (Å²) < 4.78 is 46.8. The number of halogens is 3. The molecule has 2 atom stereocenters. The average molecular weight is 533 g/mol. The largest absolute Gasteiger partial charge is 0.497 e. The van der Waals surface area contributed by atoms with E-state index < -0.39 is 17.6 Å². The number of carboxylic acids is 1. The molecule has 37 heavy (non-hydrogen) atoms. The fourth-order valence-electron chi connectivity index (χ4n) is 5.22. The quantitative estimate of drug-likeness (QED) is 0.297. The van der Waals surface area contributed by atoms with Crippen LogP contribution in [-0.2, 0) is 11.2 Å². The van der Waals surface area contributed by atoms with Crippen molar-refractivity contribution in [3.05, 3.63) is 65.6 Å². The lowest BCUT2D eigenvalue weighted by Gasteiger charge is -2.38. The van der Waals surface area contributed by atoms with E-state index in [0.717, 1.165) is 37.3 Å². The molecule has 9 heteroatoms. The minimum Gasteiger partial charge on any atom is -0.497 e. The van der Waals surface area contributed by atoms with Gasteiger partial charge in [0.25, 0.3) is 0 Å². The molecule has 0 amide bonds. The van der Waals surface area contributed by atoms with Crippen molar-refractivity contribution in [2.75, 3.05) is 32.5 Å². The fourth-order valence-corrected chi connectivity index (χ4v) is 6.20. The van der Waals surface area contributed by atoms with Crippen molar-refractivity contribution < 1.29 is 27.8 Å². The number of rotatable bonds is 11. The smallest absolute Gasteiger partial charge is 0.303 e. The molecule has 5 nitrogen and oxygen atoms in total. The van der Waals surface area contributed by atoms with Gasteiger partial charge in [-0.1, -0.05) is 0 Å². The molecule has 1 aliphatic heterocycles. The van der Waals surface area contributed by atoms with Gasteiger partial charge in [0.1, 0.15) is 23.2 Å². The number of nitrogens with zero attached hydrogens (tertiary/aromatic N) is 2. The van der Waals surface area contributed by atoms with Crippen LogP contribution in [0.1, 0.15) is 31.2 Å². The number of benzene rings is 2. The first-order valence-electron chi connectivity index (χ1n) is 12.5. The van der Waals surface area contributed by atoms with Gasteiger partial charge in [0, 0.05) is 41.6 Å². The molecule has 0 bridgehead atoms. The first kappa shape index (κ1) is 27.3. The second-order valence-electron chi connectivity index (χ2n) is 9.52. The summed E-state index contributed by atoms with van der Waals surface area (Å²) in [6.07, 6.45) is 4.31. The van der Waals surface area contributed by atoms with Crippen LogP contribution in [0.15, 0.2) is 47.5 Å². The van der Waals surface area contributed by atoms with Crippen LogP contribution in [0.4, 0.5) is 13.2 Å². The number of hydrogen-bond donors (Lipinski definition) is 1. The van der Waals surface area contributed by atoms with Crippen molar-refractivity contribution in [1.82, 2.24) is 9.88 Å². The lowest BCUT2D eigenvalue weighted by atomic mass is 9.80. The molecule has 3 aromatic rings. The Bertz CT molecular complexity index is 1220. The average Bonchev–Trinajstić information content (AvgIpc) is 2.85. The van der Waals surface area contributed by atoms with Crippen molar-refractivity contribution >= 4 is 28.6 Å². The van der Waals surface area contributed by atoms with Crippen LogP contribution >= 0.6 is 11.8 Å². The van der Waals surface area contributed by atoms with E-state index >= 15 is 0 Å². The number of thioether (sulfide) groups is 1. The van der Waals surface area contributed by atoms with Crippen molar-refractivity contribution in [3.8, 4) is 5.75 Å². The standard InChI is InChI=1S/C28H31F3N2O3S/c1-36-22-5-6-27-25(15-22)24(26(31)16-32-27)4-2-3-18-7-8-33(17-19(18)11-28(34)35)9-10-37-23-13-20(29)12-21(30)14-23/h5-6,12-16,18-19H,2-4,7-11,17H2,1H3,(H,34,35). The molecule has 2 unspecified atom stereocenters. The van der Waals surface area contributed by atoms with Crippen LogP contribution in [0.5, 0.6) is 5.75 Å². The normalized spacial score (nSPS) is 18.3. The molecule has 0 radical (unpaired) electrons. The zero-order valence-corrected chi connectivity index (χ0v) is 21.6. The van der Waals surface area contributed by atoms with E-state index in [2.05, 4.69) is 9.88 Å². The molecule has 1 aromatic heterocycles. The Balaban J connectivity index is 1.33. The first-order chi connectivity index (χ1) is 17.8. The lowest BCUT2D eigenvalue weighted by Crippen LogP contribution is -2.42. The van der Waals surface area contributed by atoms with E-state index in [-0.39, 0.29) is 24.1 Å². The highest BCUT2D eigenvalue weighted by Gasteiger charge is 2.30. The van der Waals surface area contributed by atoms with Crippen LogP contribution in [0.3, 0.4) is 0 Å². The van der Waals surface area contributed by atoms with E-state index in [0.29, 0.717) is 47.0 Å². The van der Waals surface area contributed by atoms with Crippen LogP contribution in [0.25, 0.3) is 10.9 Å². The molecule has 0 spiro atoms. The van der Waals surface area contributed by atoms with Gasteiger partial charge in [-0.25, -0.2) is 13.2 Å². The summed E-state index contributed by atoms with van der Waals surface area (Å²) in [5.74, 6) is -0.799. The summed E-state index contributed by atoms with van der Waals surface area (Å²) in [5.41, 5.74) is 1.33. The van der Waals surface area contributed by atoms with Crippen molar-refractivity contribution in [3.63, 3.8) is 0 Å². The monoisotopic (exact) mass is 532 g/mol. The molecule has 1 fully saturated rings. The summed E-state index contributed by atoms with van der Waals surface area (Å²) in [4.78, 5) is 18.5. The third kappa shape index (κ3) is 7.38. The van der Waals surface area contributed by atoms with Crippen molar-refractivity contribution in [2.24, 2.45) is 11.8 Å². The number of carbonyl (C=O) groups is 1. The van der Waals surface area contributed by atoms with Gasteiger partial charge >= 0.3 is 5.97 Å². The number of ether oxygens (including phenoxy) is 1. The minimum atomic E-state index is -0.820. The molecule has 2 heterocycles. The van der Waals surface area contributed by atoms with Gasteiger partial charge in [0.15, 0.2) is 0 Å². The van der Waals surface area contributed by atoms with Crippen LogP contribution in [-0.4, -0.2) is 53.5 Å². The summed E-state index contributed by atoms with van der Waals surface area (Å²) in [6.45, 7) is 2.21. The molecule has 4 rings (SSSR count). The van der Waals surface area contributed by atoms with Crippen LogP contribution in [0.2, 0.25) is 0 Å². The van der Waals surface area contributed by atoms with Crippen molar-refractivity contribution in [1.29, 1.82) is 0 Å². The van der Waals surface area contributed by atoms with Gasteiger partial charge in [0.2, 0.25) is 0 Å². The maximum absolute atomic E-state index is 14.7. The molecule has 0 aliphatic carbocycles. The Morgan fingerprint density at radius 1 is 1.16 bits per heavy atom. The maximum Gasteiger partial charge on any atom is 0.303 e. The number of aliphatic carboxylic acids is 1. The van der Waals surface area contributed by atoms with Gasteiger partial charge in [-0.15, -0.1) is 11.8 Å². The van der Waals surface area contributed by atoms with Gasteiger partial charge in [-0.05, 0) is 80.0 Å². The number of methoxy groups -OCH3 is 1. The highest BCUT2D eigenvalue weighted by Crippen LogP contribution is 2.32. The van der Waals surface area contributed by atoms with E-state index in [9.17, 15) is 23.1 Å². The Morgan fingerprint density at radius 2 is 1.95 bits per heavy atom. The predicted octanol–water partition coefficient (Wildman–Crippen LogP) is 6.19. The van der Waals surface area contributed by atoms with E-state index in [1.807, 2.05) is 12.1 Å². The van der Waals surface area contributed by atoms with Gasteiger partial charge < -0.3 is 14.7 Å². The highest BCUT2D eigenvalue weighted by molar-refractivity contribution is 7.99. The number of piperidine rings is 1. The van der Waals surface area contributed by atoms with E-state index in [1.165, 1.54) is 30.1 Å². The Kier molecular flexibility index (Phi) is 9.32. The second-order valence-corrected chi connectivity index (χ2v) is 10.7. The van der Waals surface area contributed by atoms with Gasteiger partial charge in [-0.3, -0.25) is 9.78 Å². The lowest BCUT2D eigenvalue weighted by molar-refractivity contribution is -0.139. The second kappa shape index (κ2) is 12.6. The van der Waals surface area contributed by atoms with Crippen LogP contribution in [0, 0.1) is 29.3 Å². The Morgan fingerprint density at radius 3 is 2.68 bits per heavy atom. The number of pyridine rings is 1. The number of carboxylic acid groups (broad SMARTS) is 1. The van der Waals surface area contributed by atoms with Crippen molar-refractivity contribution in [2.45, 2.75) is 37.0 Å². The molecule has 1 aliphatic rings. The molecule has 1 saturated heterocycles. The fraction of sp³-hybridized carbons (Fsp3) is 0.429. The Hall–Kier alpha value is -2.78. The maximum atomic E-state index is 14.7. The number of aryl methyl sites for hydroxylation is 1. The van der Waals surface area contributed by atoms with E-state index in [1.54, 1.807) is 13.2 Å². The zero-order valence-electron chi connectivity index (χ0n) is 20.8. The summed E-state index contributed by atoms with van der Waals surface area (Å²) >= 11 is 1.39. The predicted molar refractivity (Wildman–Crippen MR) is 139 cm³/mol. The van der Waals surface area contributed by atoms with Crippen LogP contribution < -0.4 is 4.74 Å². The topological polar surface area (TPSA) is 62.7 Å². The zero-order chi connectivity index (χ0) is 26.4. The molecule has 198 valence electrons. The third-order valence-corrected chi connectivity index (χ3v) is 8.02. The van der Waals surface area contributed by atoms with E-state index in [4.69, 9.17) is 4.74 Å². The first-order valence-corrected chi connectivity index (χ1v) is 13.4. The molecule has 2 aromatic carbocycles. The summed E-state index contributed by atoms with van der Waals surface area (Å²) in [6, 6.07) is 8.92. The molecule has 1 N–H and O–H groups in total. The number of likely N-dealkylation sites (tertiary alicyclic amines) is 1. The minimum absolute atomic E-state index is 0.00184. The van der Waals surface area contributed by atoms with Gasteiger partial charge in [0.05, 0.1) is 18.8 Å².